The molecule has 0 radical (unpaired) electrons. The van der Waals surface area contributed by atoms with E-state index in [0.29, 0.717) is 0 Å². The van der Waals surface area contributed by atoms with Crippen molar-refractivity contribution in [1.82, 2.24) is 15.3 Å². The number of benzene rings is 3. The van der Waals surface area contributed by atoms with Gasteiger partial charge >= 0.3 is 0 Å². The van der Waals surface area contributed by atoms with Crippen molar-refractivity contribution in [3.63, 3.8) is 0 Å². The number of rotatable bonds is 7. The summed E-state index contributed by atoms with van der Waals surface area (Å²) in [5.74, 6) is 0.972. The summed E-state index contributed by atoms with van der Waals surface area (Å²) in [4.78, 5) is 8.37. The van der Waals surface area contributed by atoms with E-state index in [1.54, 1.807) is 0 Å². The van der Waals surface area contributed by atoms with Crippen molar-refractivity contribution in [2.24, 2.45) is 0 Å². The predicted molar refractivity (Wildman–Crippen MR) is 126 cm³/mol. The Bertz CT molecular complexity index is 1220. The number of hydrogen-bond donors (Lipinski definition) is 2. The Morgan fingerprint density at radius 2 is 1.60 bits per heavy atom. The molecule has 30 heavy (non-hydrogen) atoms. The molecule has 5 aromatic rings. The van der Waals surface area contributed by atoms with Crippen LogP contribution in [0.2, 0.25) is 0 Å². The van der Waals surface area contributed by atoms with Crippen LogP contribution in [0.4, 0.5) is 0 Å². The molecular weight excluding hydrogens is 386 g/mol. The first-order valence-corrected chi connectivity index (χ1v) is 11.1. The fraction of sp³-hybridized carbons (Fsp3) is 0.115. The van der Waals surface area contributed by atoms with Crippen molar-refractivity contribution < 1.29 is 0 Å². The van der Waals surface area contributed by atoms with Crippen molar-refractivity contribution >= 4 is 21.4 Å². The van der Waals surface area contributed by atoms with Gasteiger partial charge in [0.25, 0.3) is 0 Å². The third-order valence-corrected chi connectivity index (χ3v) is 6.39. The van der Waals surface area contributed by atoms with Crippen molar-refractivity contribution in [3.8, 4) is 11.3 Å². The first kappa shape index (κ1) is 18.8. The predicted octanol–water partition coefficient (Wildman–Crippen LogP) is 6.37. The average molecular weight is 410 g/mol. The van der Waals surface area contributed by atoms with Gasteiger partial charge < -0.3 is 10.3 Å². The molecule has 1 atom stereocenters. The van der Waals surface area contributed by atoms with Gasteiger partial charge in [-0.15, -0.1) is 11.3 Å². The zero-order valence-electron chi connectivity index (χ0n) is 16.6. The Morgan fingerprint density at radius 1 is 0.867 bits per heavy atom. The molecular formula is C26H23N3S. The first-order chi connectivity index (χ1) is 14.9. The summed E-state index contributed by atoms with van der Waals surface area (Å²) in [5.41, 5.74) is 4.74. The van der Waals surface area contributed by atoms with Crippen molar-refractivity contribution in [2.45, 2.75) is 19.0 Å². The van der Waals surface area contributed by atoms with Crippen LogP contribution in [0.25, 0.3) is 21.3 Å². The standard InChI is InChI=1S/C26H23N3S/c1-3-9-19(10-4-1)16-27-23(15-21-18-30-25-14-8-7-13-22(21)25)26-28-17-24(29-26)20-11-5-2-6-12-20/h1-14,17-18,23,27H,15-16H2,(H,28,29)/t23-/m1/s1. The van der Waals surface area contributed by atoms with Crippen LogP contribution in [0.15, 0.2) is 96.5 Å². The molecule has 0 amide bonds. The van der Waals surface area contributed by atoms with Gasteiger partial charge in [-0.05, 0) is 34.4 Å². The van der Waals surface area contributed by atoms with Crippen LogP contribution in [0, 0.1) is 0 Å². The minimum absolute atomic E-state index is 0.0978. The minimum atomic E-state index is 0.0978. The van der Waals surface area contributed by atoms with Crippen LogP contribution < -0.4 is 5.32 Å². The van der Waals surface area contributed by atoms with E-state index in [1.807, 2.05) is 35.7 Å². The highest BCUT2D eigenvalue weighted by Crippen LogP contribution is 2.30. The number of aromatic amines is 1. The van der Waals surface area contributed by atoms with Gasteiger partial charge in [-0.1, -0.05) is 78.9 Å². The SMILES string of the molecule is c1ccc(CN[C@H](Cc2csc3ccccc23)c2nc(-c3ccccc3)c[nH]2)cc1. The molecule has 0 aliphatic rings. The Balaban J connectivity index is 1.44. The van der Waals surface area contributed by atoms with Crippen LogP contribution in [0.5, 0.6) is 0 Å². The van der Waals surface area contributed by atoms with Crippen LogP contribution in [-0.2, 0) is 13.0 Å². The van der Waals surface area contributed by atoms with E-state index in [4.69, 9.17) is 4.98 Å². The summed E-state index contributed by atoms with van der Waals surface area (Å²) in [7, 11) is 0. The van der Waals surface area contributed by atoms with Gasteiger partial charge in [0.1, 0.15) is 5.82 Å². The lowest BCUT2D eigenvalue weighted by atomic mass is 10.0. The van der Waals surface area contributed by atoms with E-state index < -0.39 is 0 Å². The largest absolute Gasteiger partial charge is 0.347 e. The molecule has 0 bridgehead atoms. The molecule has 148 valence electrons. The Kier molecular flexibility index (Phi) is 5.42. The van der Waals surface area contributed by atoms with Gasteiger partial charge in [-0.2, -0.15) is 0 Å². The molecule has 3 nitrogen and oxygen atoms in total. The molecule has 0 spiro atoms. The van der Waals surface area contributed by atoms with Gasteiger partial charge in [0.05, 0.1) is 11.7 Å². The quantitative estimate of drug-likeness (QED) is 0.328. The summed E-state index contributed by atoms with van der Waals surface area (Å²) in [5, 5.41) is 7.35. The summed E-state index contributed by atoms with van der Waals surface area (Å²) in [6.45, 7) is 0.801. The second-order valence-electron chi connectivity index (χ2n) is 7.42. The monoisotopic (exact) mass is 409 g/mol. The van der Waals surface area contributed by atoms with Crippen molar-refractivity contribution in [3.05, 3.63) is 113 Å². The van der Waals surface area contributed by atoms with Crippen LogP contribution >= 0.6 is 11.3 Å². The summed E-state index contributed by atoms with van der Waals surface area (Å²) in [6.07, 6.45) is 2.90. The Labute approximate surface area is 180 Å². The molecule has 0 saturated carbocycles. The lowest BCUT2D eigenvalue weighted by molar-refractivity contribution is 0.510. The second kappa shape index (κ2) is 8.66. The molecule has 2 aromatic heterocycles. The van der Waals surface area contributed by atoms with E-state index >= 15 is 0 Å². The molecule has 5 rings (SSSR count). The maximum atomic E-state index is 4.94. The third-order valence-electron chi connectivity index (χ3n) is 5.38. The van der Waals surface area contributed by atoms with E-state index in [0.717, 1.165) is 30.0 Å². The highest BCUT2D eigenvalue weighted by molar-refractivity contribution is 7.17. The number of fused-ring (bicyclic) bond motifs is 1. The number of imidazole rings is 1. The zero-order chi connectivity index (χ0) is 20.2. The fourth-order valence-electron chi connectivity index (χ4n) is 3.79. The Morgan fingerprint density at radius 3 is 2.43 bits per heavy atom. The van der Waals surface area contributed by atoms with Crippen LogP contribution in [0.3, 0.4) is 0 Å². The summed E-state index contributed by atoms with van der Waals surface area (Å²) in [6, 6.07) is 29.6. The normalized spacial score (nSPS) is 12.3. The van der Waals surface area contributed by atoms with E-state index in [-0.39, 0.29) is 6.04 Å². The van der Waals surface area contributed by atoms with Crippen LogP contribution in [0.1, 0.15) is 23.0 Å². The molecule has 0 saturated heterocycles. The van der Waals surface area contributed by atoms with Gasteiger partial charge in [0.2, 0.25) is 0 Å². The molecule has 0 aliphatic carbocycles. The van der Waals surface area contributed by atoms with Crippen LogP contribution in [-0.4, -0.2) is 9.97 Å². The highest BCUT2D eigenvalue weighted by Gasteiger charge is 2.18. The topological polar surface area (TPSA) is 40.7 Å². The first-order valence-electron chi connectivity index (χ1n) is 10.2. The second-order valence-corrected chi connectivity index (χ2v) is 8.33. The smallest absolute Gasteiger partial charge is 0.124 e. The maximum Gasteiger partial charge on any atom is 0.124 e. The van der Waals surface area contributed by atoms with E-state index in [9.17, 15) is 0 Å². The Hall–Kier alpha value is -3.21. The highest BCUT2D eigenvalue weighted by atomic mass is 32.1. The molecule has 0 fully saturated rings. The molecule has 2 heterocycles. The maximum absolute atomic E-state index is 4.94. The van der Waals surface area contributed by atoms with Crippen molar-refractivity contribution in [2.75, 3.05) is 0 Å². The summed E-state index contributed by atoms with van der Waals surface area (Å²) < 4.78 is 1.33. The van der Waals surface area contributed by atoms with Gasteiger partial charge in [-0.25, -0.2) is 4.98 Å². The van der Waals surface area contributed by atoms with Gasteiger partial charge in [0.15, 0.2) is 0 Å². The van der Waals surface area contributed by atoms with E-state index in [2.05, 4.69) is 82.4 Å². The molecule has 3 aromatic carbocycles. The molecule has 4 heteroatoms. The zero-order valence-corrected chi connectivity index (χ0v) is 17.4. The number of H-pyrrole nitrogens is 1. The number of hydrogen-bond acceptors (Lipinski definition) is 3. The average Bonchev–Trinajstić information content (AvgIpc) is 3.46. The number of nitrogens with one attached hydrogen (secondary N) is 2. The lowest BCUT2D eigenvalue weighted by Gasteiger charge is -2.17. The van der Waals surface area contributed by atoms with E-state index in [1.165, 1.54) is 21.2 Å². The fourth-order valence-corrected chi connectivity index (χ4v) is 4.76. The third kappa shape index (κ3) is 4.06. The molecule has 2 N–H and O–H groups in total. The minimum Gasteiger partial charge on any atom is -0.347 e. The lowest BCUT2D eigenvalue weighted by Crippen LogP contribution is -2.24. The number of thiophene rings is 1. The summed E-state index contributed by atoms with van der Waals surface area (Å²) >= 11 is 1.81. The van der Waals surface area contributed by atoms with Crippen molar-refractivity contribution in [1.29, 1.82) is 0 Å². The van der Waals surface area contributed by atoms with Gasteiger partial charge in [0, 0.05) is 23.0 Å². The number of aromatic nitrogens is 2. The molecule has 0 aliphatic heterocycles. The van der Waals surface area contributed by atoms with Gasteiger partial charge in [-0.3, -0.25) is 0 Å². The molecule has 0 unspecified atom stereocenters. The number of nitrogens with zero attached hydrogens (tertiary/aromatic N) is 1.